The van der Waals surface area contributed by atoms with Crippen LogP contribution in [0.4, 0.5) is 0 Å². The van der Waals surface area contributed by atoms with Crippen molar-refractivity contribution in [2.45, 2.75) is 32.1 Å². The molecule has 0 amide bonds. The van der Waals surface area contributed by atoms with E-state index in [1.54, 1.807) is 13.4 Å². The van der Waals surface area contributed by atoms with E-state index in [2.05, 4.69) is 28.7 Å². The van der Waals surface area contributed by atoms with Gasteiger partial charge in [-0.15, -0.1) is 0 Å². The van der Waals surface area contributed by atoms with Crippen LogP contribution in [0.2, 0.25) is 0 Å². The fourth-order valence-corrected chi connectivity index (χ4v) is 2.42. The van der Waals surface area contributed by atoms with Crippen molar-refractivity contribution in [1.82, 2.24) is 14.9 Å². The van der Waals surface area contributed by atoms with Crippen molar-refractivity contribution in [2.24, 2.45) is 0 Å². The van der Waals surface area contributed by atoms with Gasteiger partial charge in [0.25, 0.3) is 0 Å². The molecule has 1 aromatic rings. The number of nitrogens with one attached hydrogen (secondary N) is 1. The topological polar surface area (TPSA) is 50.4 Å². The maximum Gasteiger partial charge on any atom is 0.0942 e. The molecule has 1 fully saturated rings. The zero-order valence-electron chi connectivity index (χ0n) is 10.8. The quantitative estimate of drug-likeness (QED) is 0.853. The number of hydrogen-bond acceptors (Lipinski definition) is 4. The molecule has 1 atom stereocenters. The van der Waals surface area contributed by atoms with Crippen molar-refractivity contribution in [3.8, 4) is 0 Å². The first-order valence-corrected chi connectivity index (χ1v) is 5.95. The van der Waals surface area contributed by atoms with Crippen LogP contribution in [0.3, 0.4) is 0 Å². The van der Waals surface area contributed by atoms with Crippen LogP contribution in [0.15, 0.2) is 12.5 Å². The summed E-state index contributed by atoms with van der Waals surface area (Å²) in [6.07, 6.45) is 3.73. The Hall–Kier alpha value is -0.910. The monoisotopic (exact) mass is 239 g/mol. The van der Waals surface area contributed by atoms with Gasteiger partial charge in [0.1, 0.15) is 0 Å². The number of hydrogen-bond donors (Lipinski definition) is 1. The maximum absolute atomic E-state index is 5.97. The number of ether oxygens (including phenoxy) is 2. The molecule has 5 nitrogen and oxygen atoms in total. The van der Waals surface area contributed by atoms with Crippen LogP contribution in [-0.4, -0.2) is 53.4 Å². The van der Waals surface area contributed by atoms with Gasteiger partial charge in [-0.05, 0) is 13.8 Å². The van der Waals surface area contributed by atoms with Crippen molar-refractivity contribution >= 4 is 0 Å². The molecule has 5 heteroatoms. The standard InChI is InChI=1S/C12H21N3O2/c1-12(2)8-15(5-10-4-13-9-14-10)6-11(17-12)7-16-3/h4,9,11H,5-8H2,1-3H3,(H,13,14). The average molecular weight is 239 g/mol. The van der Waals surface area contributed by atoms with Crippen LogP contribution in [-0.2, 0) is 16.0 Å². The third-order valence-electron chi connectivity index (χ3n) is 2.85. The molecule has 1 unspecified atom stereocenters. The Bertz CT molecular complexity index is 338. The zero-order chi connectivity index (χ0) is 12.3. The number of morpholine rings is 1. The first kappa shape index (κ1) is 12.5. The molecule has 96 valence electrons. The van der Waals surface area contributed by atoms with Gasteiger partial charge in [-0.25, -0.2) is 4.98 Å². The summed E-state index contributed by atoms with van der Waals surface area (Å²) in [6.45, 7) is 7.59. The smallest absolute Gasteiger partial charge is 0.0942 e. The van der Waals surface area contributed by atoms with Gasteiger partial charge in [0.2, 0.25) is 0 Å². The van der Waals surface area contributed by atoms with Gasteiger partial charge in [0, 0.05) is 38.6 Å². The third kappa shape index (κ3) is 3.52. The Labute approximate surface area is 102 Å². The molecule has 1 saturated heterocycles. The van der Waals surface area contributed by atoms with E-state index in [-0.39, 0.29) is 11.7 Å². The van der Waals surface area contributed by atoms with Gasteiger partial charge >= 0.3 is 0 Å². The molecule has 1 N–H and O–H groups in total. The van der Waals surface area contributed by atoms with Crippen LogP contribution >= 0.6 is 0 Å². The lowest BCUT2D eigenvalue weighted by molar-refractivity contribution is -0.154. The second-order valence-electron chi connectivity index (χ2n) is 5.20. The number of methoxy groups -OCH3 is 1. The Morgan fingerprint density at radius 2 is 2.47 bits per heavy atom. The van der Waals surface area contributed by atoms with E-state index in [1.807, 2.05) is 6.20 Å². The van der Waals surface area contributed by atoms with Gasteiger partial charge < -0.3 is 14.5 Å². The molecule has 1 aliphatic rings. The van der Waals surface area contributed by atoms with Gasteiger partial charge in [-0.2, -0.15) is 0 Å². The van der Waals surface area contributed by atoms with E-state index >= 15 is 0 Å². The number of aromatic amines is 1. The predicted octanol–water partition coefficient (Wildman–Crippen LogP) is 1.04. The lowest BCUT2D eigenvalue weighted by Crippen LogP contribution is -2.53. The van der Waals surface area contributed by atoms with Gasteiger partial charge in [0.05, 0.1) is 24.6 Å². The molecular weight excluding hydrogens is 218 g/mol. The van der Waals surface area contributed by atoms with E-state index in [0.29, 0.717) is 6.61 Å². The average Bonchev–Trinajstić information content (AvgIpc) is 2.68. The highest BCUT2D eigenvalue weighted by Gasteiger charge is 2.33. The second kappa shape index (κ2) is 5.16. The number of aromatic nitrogens is 2. The summed E-state index contributed by atoms with van der Waals surface area (Å²) < 4.78 is 11.2. The number of rotatable bonds is 4. The van der Waals surface area contributed by atoms with Gasteiger partial charge in [-0.3, -0.25) is 4.90 Å². The van der Waals surface area contributed by atoms with Crippen molar-refractivity contribution in [3.63, 3.8) is 0 Å². The minimum atomic E-state index is -0.124. The summed E-state index contributed by atoms with van der Waals surface area (Å²) in [5.41, 5.74) is 1.01. The van der Waals surface area contributed by atoms with E-state index in [0.717, 1.165) is 25.3 Å². The normalized spacial score (nSPS) is 25.0. The molecule has 2 heterocycles. The van der Waals surface area contributed by atoms with Gasteiger partial charge in [-0.1, -0.05) is 0 Å². The van der Waals surface area contributed by atoms with Crippen molar-refractivity contribution in [2.75, 3.05) is 26.8 Å². The first-order chi connectivity index (χ1) is 8.09. The lowest BCUT2D eigenvalue weighted by Gasteiger charge is -2.42. The summed E-state index contributed by atoms with van der Waals surface area (Å²) in [6, 6.07) is 0. The molecule has 0 saturated carbocycles. The minimum absolute atomic E-state index is 0.124. The summed E-state index contributed by atoms with van der Waals surface area (Å²) in [7, 11) is 1.71. The Balaban J connectivity index is 1.97. The molecule has 1 aliphatic heterocycles. The van der Waals surface area contributed by atoms with Crippen LogP contribution in [0.1, 0.15) is 19.5 Å². The first-order valence-electron chi connectivity index (χ1n) is 5.95. The summed E-state index contributed by atoms with van der Waals surface area (Å²) in [5.74, 6) is 0. The lowest BCUT2D eigenvalue weighted by atomic mass is 10.1. The van der Waals surface area contributed by atoms with Crippen LogP contribution in [0, 0.1) is 0 Å². The second-order valence-corrected chi connectivity index (χ2v) is 5.20. The minimum Gasteiger partial charge on any atom is -0.382 e. The van der Waals surface area contributed by atoms with E-state index in [1.165, 1.54) is 0 Å². The molecule has 17 heavy (non-hydrogen) atoms. The Kier molecular flexibility index (Phi) is 3.81. The van der Waals surface area contributed by atoms with Crippen molar-refractivity contribution in [1.29, 1.82) is 0 Å². The van der Waals surface area contributed by atoms with Gasteiger partial charge in [0.15, 0.2) is 0 Å². The Morgan fingerprint density at radius 3 is 3.12 bits per heavy atom. The number of imidazole rings is 1. The molecule has 0 bridgehead atoms. The van der Waals surface area contributed by atoms with Crippen LogP contribution in [0.25, 0.3) is 0 Å². The number of H-pyrrole nitrogens is 1. The maximum atomic E-state index is 5.97. The summed E-state index contributed by atoms with van der Waals surface area (Å²) in [4.78, 5) is 9.55. The fraction of sp³-hybridized carbons (Fsp3) is 0.750. The largest absolute Gasteiger partial charge is 0.382 e. The number of nitrogens with zero attached hydrogens (tertiary/aromatic N) is 2. The molecule has 0 aliphatic carbocycles. The highest BCUT2D eigenvalue weighted by molar-refractivity contribution is 4.96. The molecule has 0 radical (unpaired) electrons. The van der Waals surface area contributed by atoms with E-state index in [9.17, 15) is 0 Å². The molecule has 1 aromatic heterocycles. The predicted molar refractivity (Wildman–Crippen MR) is 64.7 cm³/mol. The van der Waals surface area contributed by atoms with E-state index < -0.39 is 0 Å². The van der Waals surface area contributed by atoms with Crippen LogP contribution in [0.5, 0.6) is 0 Å². The fourth-order valence-electron chi connectivity index (χ4n) is 2.42. The van der Waals surface area contributed by atoms with Crippen LogP contribution < -0.4 is 0 Å². The van der Waals surface area contributed by atoms with E-state index in [4.69, 9.17) is 9.47 Å². The summed E-state index contributed by atoms with van der Waals surface area (Å²) >= 11 is 0. The van der Waals surface area contributed by atoms with Crippen molar-refractivity contribution in [3.05, 3.63) is 18.2 Å². The highest BCUT2D eigenvalue weighted by atomic mass is 16.5. The summed E-state index contributed by atoms with van der Waals surface area (Å²) in [5, 5.41) is 0. The molecule has 0 spiro atoms. The Morgan fingerprint density at radius 1 is 1.65 bits per heavy atom. The molecule has 0 aromatic carbocycles. The SMILES string of the molecule is COCC1CN(Cc2cnc[nH]2)CC(C)(C)O1. The highest BCUT2D eigenvalue weighted by Crippen LogP contribution is 2.22. The molecular formula is C12H21N3O2. The third-order valence-corrected chi connectivity index (χ3v) is 2.85. The zero-order valence-corrected chi connectivity index (χ0v) is 10.8. The molecule has 2 rings (SSSR count). The van der Waals surface area contributed by atoms with Crippen molar-refractivity contribution < 1.29 is 9.47 Å².